The molecule has 1 saturated heterocycles. The molecule has 0 aromatic heterocycles. The summed E-state index contributed by atoms with van der Waals surface area (Å²) in [5, 5.41) is 10.0. The van der Waals surface area contributed by atoms with Crippen molar-refractivity contribution in [2.75, 3.05) is 20.2 Å². The largest absolute Gasteiger partial charge is 0.496 e. The van der Waals surface area contributed by atoms with Crippen molar-refractivity contribution in [3.8, 4) is 5.75 Å². The van der Waals surface area contributed by atoms with Gasteiger partial charge in [-0.05, 0) is 38.1 Å². The number of aliphatic carboxylic acids is 1. The second-order valence-corrected chi connectivity index (χ2v) is 5.10. The molecule has 0 saturated carbocycles. The molecule has 1 aromatic carbocycles. The smallest absolute Gasteiger partial charge is 0.325 e. The Balaban J connectivity index is 2.41. The van der Waals surface area contributed by atoms with E-state index in [-0.39, 0.29) is 0 Å². The van der Waals surface area contributed by atoms with Crippen molar-refractivity contribution < 1.29 is 14.6 Å². The minimum Gasteiger partial charge on any atom is -0.496 e. The van der Waals surface area contributed by atoms with Crippen molar-refractivity contribution in [3.05, 3.63) is 28.8 Å². The molecule has 1 aromatic rings. The first-order chi connectivity index (χ1) is 9.15. The van der Waals surface area contributed by atoms with E-state index in [9.17, 15) is 9.90 Å². The SMILES string of the molecule is COc1cccc(Cl)c1C(C(=O)O)N1CCCCC1. The van der Waals surface area contributed by atoms with Crippen molar-refractivity contribution in [3.63, 3.8) is 0 Å². The molecular weight excluding hydrogens is 266 g/mol. The maximum absolute atomic E-state index is 11.7. The Morgan fingerprint density at radius 3 is 2.63 bits per heavy atom. The molecule has 1 unspecified atom stereocenters. The summed E-state index contributed by atoms with van der Waals surface area (Å²) in [6.07, 6.45) is 3.20. The lowest BCUT2D eigenvalue weighted by molar-refractivity contribution is -0.144. The van der Waals surface area contributed by atoms with Gasteiger partial charge in [0.05, 0.1) is 7.11 Å². The summed E-state index contributed by atoms with van der Waals surface area (Å²) in [5.41, 5.74) is 0.557. The minimum absolute atomic E-state index is 0.442. The molecule has 1 N–H and O–H groups in total. The van der Waals surface area contributed by atoms with Crippen LogP contribution >= 0.6 is 11.6 Å². The number of hydrogen-bond acceptors (Lipinski definition) is 3. The van der Waals surface area contributed by atoms with Crippen LogP contribution in [-0.4, -0.2) is 36.2 Å². The van der Waals surface area contributed by atoms with Gasteiger partial charge in [0.2, 0.25) is 0 Å². The summed E-state index contributed by atoms with van der Waals surface area (Å²) in [6, 6.07) is 4.49. The fourth-order valence-electron chi connectivity index (χ4n) is 2.60. The van der Waals surface area contributed by atoms with E-state index in [0.29, 0.717) is 16.3 Å². The molecule has 0 spiro atoms. The molecular formula is C14H18ClNO3. The zero-order chi connectivity index (χ0) is 13.8. The second-order valence-electron chi connectivity index (χ2n) is 4.69. The van der Waals surface area contributed by atoms with E-state index in [1.807, 2.05) is 4.90 Å². The first kappa shape index (κ1) is 14.2. The highest BCUT2D eigenvalue weighted by molar-refractivity contribution is 6.31. The van der Waals surface area contributed by atoms with Crippen molar-refractivity contribution in [2.24, 2.45) is 0 Å². The van der Waals surface area contributed by atoms with Gasteiger partial charge in [-0.25, -0.2) is 0 Å². The van der Waals surface area contributed by atoms with Crippen LogP contribution < -0.4 is 4.74 Å². The standard InChI is InChI=1S/C14H18ClNO3/c1-19-11-7-5-6-10(15)12(11)13(14(17)18)16-8-3-2-4-9-16/h5-7,13H,2-4,8-9H2,1H3,(H,17,18). The van der Waals surface area contributed by atoms with Crippen LogP contribution in [0.1, 0.15) is 30.9 Å². The number of rotatable bonds is 4. The van der Waals surface area contributed by atoms with E-state index < -0.39 is 12.0 Å². The maximum Gasteiger partial charge on any atom is 0.325 e. The lowest BCUT2D eigenvalue weighted by Gasteiger charge is -2.33. The molecule has 1 aliphatic rings. The number of carboxylic acids is 1. The summed E-state index contributed by atoms with van der Waals surface area (Å²) < 4.78 is 5.27. The highest BCUT2D eigenvalue weighted by Crippen LogP contribution is 2.36. The molecule has 5 heteroatoms. The average Bonchev–Trinajstić information content (AvgIpc) is 2.41. The average molecular weight is 284 g/mol. The molecule has 0 bridgehead atoms. The van der Waals surface area contributed by atoms with Crippen molar-refractivity contribution in [1.29, 1.82) is 0 Å². The number of halogens is 1. The monoisotopic (exact) mass is 283 g/mol. The summed E-state index contributed by atoms with van der Waals surface area (Å²) >= 11 is 6.20. The molecule has 1 heterocycles. The quantitative estimate of drug-likeness (QED) is 0.923. The van der Waals surface area contributed by atoms with Gasteiger partial charge in [0.25, 0.3) is 0 Å². The van der Waals surface area contributed by atoms with Crippen LogP contribution in [0.4, 0.5) is 0 Å². The van der Waals surface area contributed by atoms with E-state index in [4.69, 9.17) is 16.3 Å². The number of hydrogen-bond donors (Lipinski definition) is 1. The molecule has 0 radical (unpaired) electrons. The molecule has 104 valence electrons. The van der Waals surface area contributed by atoms with Crippen LogP contribution in [0.25, 0.3) is 0 Å². The van der Waals surface area contributed by atoms with Crippen molar-refractivity contribution in [2.45, 2.75) is 25.3 Å². The second kappa shape index (κ2) is 6.26. The van der Waals surface area contributed by atoms with Crippen LogP contribution in [0.2, 0.25) is 5.02 Å². The highest BCUT2D eigenvalue weighted by atomic mass is 35.5. The van der Waals surface area contributed by atoms with E-state index in [2.05, 4.69) is 0 Å². The summed E-state index contributed by atoms with van der Waals surface area (Å²) in [5.74, 6) is -0.348. The third kappa shape index (κ3) is 3.01. The Labute approximate surface area is 117 Å². The van der Waals surface area contributed by atoms with Crippen LogP contribution in [0.3, 0.4) is 0 Å². The van der Waals surface area contributed by atoms with Crippen LogP contribution in [0.15, 0.2) is 18.2 Å². The third-order valence-electron chi connectivity index (χ3n) is 3.50. The molecule has 19 heavy (non-hydrogen) atoms. The Hall–Kier alpha value is -1.26. The van der Waals surface area contributed by atoms with Gasteiger partial charge in [-0.15, -0.1) is 0 Å². The van der Waals surface area contributed by atoms with E-state index in [1.165, 1.54) is 7.11 Å². The van der Waals surface area contributed by atoms with Gasteiger partial charge < -0.3 is 9.84 Å². The number of methoxy groups -OCH3 is 1. The summed E-state index contributed by atoms with van der Waals surface area (Å²) in [4.78, 5) is 13.6. The van der Waals surface area contributed by atoms with Gasteiger partial charge in [0.1, 0.15) is 11.8 Å². The zero-order valence-electron chi connectivity index (χ0n) is 10.9. The topological polar surface area (TPSA) is 49.8 Å². The Bertz CT molecular complexity index is 458. The molecule has 2 rings (SSSR count). The van der Waals surface area contributed by atoms with Gasteiger partial charge >= 0.3 is 5.97 Å². The van der Waals surface area contributed by atoms with Gasteiger partial charge in [-0.2, -0.15) is 0 Å². The van der Waals surface area contributed by atoms with E-state index in [0.717, 1.165) is 32.4 Å². The molecule has 0 amide bonds. The Kier molecular flexibility index (Phi) is 4.66. The number of carboxylic acid groups (broad SMARTS) is 1. The predicted molar refractivity (Wildman–Crippen MR) is 73.8 cm³/mol. The summed E-state index contributed by atoms with van der Waals surface area (Å²) in [7, 11) is 1.53. The zero-order valence-corrected chi connectivity index (χ0v) is 11.7. The van der Waals surface area contributed by atoms with Crippen LogP contribution in [0.5, 0.6) is 5.75 Å². The minimum atomic E-state index is -0.881. The molecule has 1 atom stereocenters. The first-order valence-electron chi connectivity index (χ1n) is 6.44. The third-order valence-corrected chi connectivity index (χ3v) is 3.83. The number of carbonyl (C=O) groups is 1. The fraction of sp³-hybridized carbons (Fsp3) is 0.500. The number of nitrogens with zero attached hydrogens (tertiary/aromatic N) is 1. The predicted octanol–water partition coefficient (Wildman–Crippen LogP) is 2.96. The lowest BCUT2D eigenvalue weighted by Crippen LogP contribution is -2.38. The summed E-state index contributed by atoms with van der Waals surface area (Å²) in [6.45, 7) is 1.57. The van der Waals surface area contributed by atoms with Gasteiger partial charge in [-0.1, -0.05) is 24.1 Å². The number of ether oxygens (including phenoxy) is 1. The molecule has 0 aliphatic carbocycles. The van der Waals surface area contributed by atoms with Gasteiger partial charge in [0.15, 0.2) is 0 Å². The maximum atomic E-state index is 11.7. The first-order valence-corrected chi connectivity index (χ1v) is 6.82. The number of benzene rings is 1. The number of piperidine rings is 1. The number of likely N-dealkylation sites (tertiary alicyclic amines) is 1. The fourth-order valence-corrected chi connectivity index (χ4v) is 2.87. The molecule has 1 fully saturated rings. The van der Waals surface area contributed by atoms with E-state index in [1.54, 1.807) is 18.2 Å². The Morgan fingerprint density at radius 1 is 1.37 bits per heavy atom. The highest BCUT2D eigenvalue weighted by Gasteiger charge is 2.32. The van der Waals surface area contributed by atoms with Crippen LogP contribution in [0, 0.1) is 0 Å². The Morgan fingerprint density at radius 2 is 2.05 bits per heavy atom. The van der Waals surface area contributed by atoms with Crippen molar-refractivity contribution >= 4 is 17.6 Å². The van der Waals surface area contributed by atoms with Crippen molar-refractivity contribution in [1.82, 2.24) is 4.90 Å². The van der Waals surface area contributed by atoms with E-state index >= 15 is 0 Å². The molecule has 4 nitrogen and oxygen atoms in total. The van der Waals surface area contributed by atoms with Gasteiger partial charge in [0, 0.05) is 10.6 Å². The van der Waals surface area contributed by atoms with Gasteiger partial charge in [-0.3, -0.25) is 9.69 Å². The lowest BCUT2D eigenvalue weighted by atomic mass is 10.0. The normalized spacial score (nSPS) is 18.0. The van der Waals surface area contributed by atoms with Crippen LogP contribution in [-0.2, 0) is 4.79 Å². The molecule has 1 aliphatic heterocycles.